The zero-order valence-corrected chi connectivity index (χ0v) is 11.1. The molecule has 2 unspecified atom stereocenters. The fourth-order valence-corrected chi connectivity index (χ4v) is 1.66. The molecule has 0 radical (unpaired) electrons. The molecule has 1 saturated carbocycles. The van der Waals surface area contributed by atoms with E-state index in [0.717, 1.165) is 19.3 Å². The van der Waals surface area contributed by atoms with Crippen LogP contribution in [0.5, 0.6) is 0 Å². The molecule has 1 aliphatic carbocycles. The average Bonchev–Trinajstić information content (AvgIpc) is 1.88. The SMILES string of the molecule is CC1CCCC(C(=O)O)C1.[Cd]. The van der Waals surface area contributed by atoms with Gasteiger partial charge in [-0.1, -0.05) is 19.8 Å². The molecule has 11 heavy (non-hydrogen) atoms. The molecule has 2 atom stereocenters. The van der Waals surface area contributed by atoms with Crippen molar-refractivity contribution in [3.05, 3.63) is 0 Å². The van der Waals surface area contributed by atoms with Crippen LogP contribution >= 0.6 is 0 Å². The summed E-state index contributed by atoms with van der Waals surface area (Å²) in [5.74, 6) is -0.0369. The molecule has 0 amide bonds. The summed E-state index contributed by atoms with van der Waals surface area (Å²) in [7, 11) is 0. The Labute approximate surface area is 87.5 Å². The Morgan fingerprint density at radius 1 is 1.45 bits per heavy atom. The summed E-state index contributed by atoms with van der Waals surface area (Å²) in [6, 6.07) is 0. The normalized spacial score (nSPS) is 30.6. The molecular weight excluding hydrogens is 240 g/mol. The predicted molar refractivity (Wildman–Crippen MR) is 38.8 cm³/mol. The first-order chi connectivity index (χ1) is 4.70. The van der Waals surface area contributed by atoms with Crippen LogP contribution in [-0.2, 0) is 32.1 Å². The van der Waals surface area contributed by atoms with E-state index >= 15 is 0 Å². The van der Waals surface area contributed by atoms with Crippen molar-refractivity contribution < 1.29 is 37.2 Å². The molecule has 0 aliphatic heterocycles. The molecule has 60 valence electrons. The molecule has 2 nitrogen and oxygen atoms in total. The van der Waals surface area contributed by atoms with Crippen LogP contribution in [0.15, 0.2) is 0 Å². The number of carbonyl (C=O) groups is 1. The van der Waals surface area contributed by atoms with E-state index in [0.29, 0.717) is 5.92 Å². The van der Waals surface area contributed by atoms with Gasteiger partial charge >= 0.3 is 5.97 Å². The topological polar surface area (TPSA) is 37.3 Å². The summed E-state index contributed by atoms with van der Waals surface area (Å²) < 4.78 is 0. The molecule has 0 saturated heterocycles. The standard InChI is InChI=1S/C8H14O2.Cd/c1-6-3-2-4-7(5-6)8(9)10;/h6-7H,2-5H2,1H3,(H,9,10);. The number of rotatable bonds is 1. The Morgan fingerprint density at radius 3 is 2.45 bits per heavy atom. The summed E-state index contributed by atoms with van der Waals surface area (Å²) >= 11 is 0. The molecular formula is C8H14CdO2. The zero-order chi connectivity index (χ0) is 7.56. The molecule has 0 aromatic heterocycles. The summed E-state index contributed by atoms with van der Waals surface area (Å²) in [4.78, 5) is 10.5. The molecule has 1 rings (SSSR count). The van der Waals surface area contributed by atoms with E-state index in [-0.39, 0.29) is 33.2 Å². The van der Waals surface area contributed by atoms with Crippen molar-refractivity contribution in [2.24, 2.45) is 11.8 Å². The fraction of sp³-hybridized carbons (Fsp3) is 0.875. The van der Waals surface area contributed by atoms with E-state index in [4.69, 9.17) is 5.11 Å². The van der Waals surface area contributed by atoms with Crippen LogP contribution in [0.3, 0.4) is 0 Å². The molecule has 0 spiro atoms. The van der Waals surface area contributed by atoms with Crippen LogP contribution in [0.25, 0.3) is 0 Å². The van der Waals surface area contributed by atoms with Gasteiger partial charge < -0.3 is 5.11 Å². The molecule has 0 bridgehead atoms. The summed E-state index contributed by atoms with van der Waals surface area (Å²) in [5.41, 5.74) is 0. The third-order valence-electron chi connectivity index (χ3n) is 2.29. The maximum absolute atomic E-state index is 10.5. The summed E-state index contributed by atoms with van der Waals surface area (Å²) in [5, 5.41) is 8.66. The van der Waals surface area contributed by atoms with Crippen LogP contribution in [-0.4, -0.2) is 11.1 Å². The number of carboxylic acid groups (broad SMARTS) is 1. The maximum Gasteiger partial charge on any atom is 0.306 e. The molecule has 1 aliphatic rings. The Balaban J connectivity index is 0.000001000. The Morgan fingerprint density at radius 2 is 2.09 bits per heavy atom. The first kappa shape index (κ1) is 11.4. The van der Waals surface area contributed by atoms with Gasteiger partial charge in [0.15, 0.2) is 0 Å². The number of hydrogen-bond acceptors (Lipinski definition) is 1. The molecule has 1 fully saturated rings. The van der Waals surface area contributed by atoms with Crippen molar-refractivity contribution in [1.29, 1.82) is 0 Å². The smallest absolute Gasteiger partial charge is 0.306 e. The monoisotopic (exact) mass is 256 g/mol. The van der Waals surface area contributed by atoms with E-state index in [9.17, 15) is 4.79 Å². The van der Waals surface area contributed by atoms with E-state index in [1.807, 2.05) is 0 Å². The van der Waals surface area contributed by atoms with Crippen LogP contribution in [0.2, 0.25) is 0 Å². The Bertz CT molecular complexity index is 136. The second-order valence-corrected chi connectivity index (χ2v) is 3.31. The molecule has 1 N–H and O–H groups in total. The molecule has 0 aromatic rings. The minimum absolute atomic E-state index is 0. The third kappa shape index (κ3) is 3.53. The predicted octanol–water partition coefficient (Wildman–Crippen LogP) is 1.89. The quantitative estimate of drug-likeness (QED) is 0.726. The second-order valence-electron chi connectivity index (χ2n) is 3.31. The van der Waals surface area contributed by atoms with Gasteiger partial charge in [-0.25, -0.2) is 0 Å². The minimum atomic E-state index is -0.605. The molecule has 0 aromatic carbocycles. The van der Waals surface area contributed by atoms with E-state index < -0.39 is 5.97 Å². The van der Waals surface area contributed by atoms with Crippen molar-refractivity contribution in [3.63, 3.8) is 0 Å². The average molecular weight is 255 g/mol. The zero-order valence-electron chi connectivity index (χ0n) is 7.05. The van der Waals surface area contributed by atoms with Crippen LogP contribution < -0.4 is 0 Å². The molecule has 3 heteroatoms. The van der Waals surface area contributed by atoms with Crippen molar-refractivity contribution in [2.75, 3.05) is 0 Å². The van der Waals surface area contributed by atoms with Crippen molar-refractivity contribution in [1.82, 2.24) is 0 Å². The fourth-order valence-electron chi connectivity index (χ4n) is 1.66. The second kappa shape index (κ2) is 5.11. The van der Waals surface area contributed by atoms with Gasteiger partial charge in [-0.15, -0.1) is 0 Å². The van der Waals surface area contributed by atoms with E-state index in [1.54, 1.807) is 0 Å². The first-order valence-electron chi connectivity index (χ1n) is 3.93. The van der Waals surface area contributed by atoms with Crippen molar-refractivity contribution >= 4 is 5.97 Å². The third-order valence-corrected chi connectivity index (χ3v) is 2.29. The summed E-state index contributed by atoms with van der Waals surface area (Å²) in [6.45, 7) is 2.13. The van der Waals surface area contributed by atoms with Gasteiger partial charge in [-0.3, -0.25) is 4.79 Å². The van der Waals surface area contributed by atoms with E-state index in [1.165, 1.54) is 6.42 Å². The van der Waals surface area contributed by atoms with Crippen LogP contribution in [0.1, 0.15) is 32.6 Å². The first-order valence-corrected chi connectivity index (χ1v) is 3.93. The number of hydrogen-bond donors (Lipinski definition) is 1. The van der Waals surface area contributed by atoms with Gasteiger partial charge in [-0.2, -0.15) is 0 Å². The number of carboxylic acids is 1. The van der Waals surface area contributed by atoms with Crippen LogP contribution in [0, 0.1) is 11.8 Å². The van der Waals surface area contributed by atoms with Crippen molar-refractivity contribution in [2.45, 2.75) is 32.6 Å². The van der Waals surface area contributed by atoms with Gasteiger partial charge in [-0.05, 0) is 18.8 Å². The summed E-state index contributed by atoms with van der Waals surface area (Å²) in [6.07, 6.45) is 4.08. The Hall–Kier alpha value is 0.392. The van der Waals surface area contributed by atoms with E-state index in [2.05, 4.69) is 6.92 Å². The van der Waals surface area contributed by atoms with Gasteiger partial charge in [0.2, 0.25) is 0 Å². The largest absolute Gasteiger partial charge is 0.481 e. The van der Waals surface area contributed by atoms with Gasteiger partial charge in [0.05, 0.1) is 5.92 Å². The van der Waals surface area contributed by atoms with Crippen molar-refractivity contribution in [3.8, 4) is 0 Å². The Kier molecular flexibility index (Phi) is 5.29. The van der Waals surface area contributed by atoms with Gasteiger partial charge in [0.25, 0.3) is 0 Å². The number of aliphatic carboxylic acids is 1. The van der Waals surface area contributed by atoms with Gasteiger partial charge in [0.1, 0.15) is 0 Å². The maximum atomic E-state index is 10.5. The minimum Gasteiger partial charge on any atom is -0.481 e. The molecule has 0 heterocycles. The van der Waals surface area contributed by atoms with Gasteiger partial charge in [0, 0.05) is 27.3 Å². The van der Waals surface area contributed by atoms with Crippen LogP contribution in [0.4, 0.5) is 0 Å².